The number of pyridine rings is 1. The van der Waals surface area contributed by atoms with Crippen LogP contribution in [0.15, 0.2) is 29.2 Å². The normalized spacial score (nSPS) is 11.1. The van der Waals surface area contributed by atoms with Gasteiger partial charge in [-0.1, -0.05) is 26.8 Å². The van der Waals surface area contributed by atoms with E-state index in [0.29, 0.717) is 11.9 Å². The number of likely N-dealkylation sites (N-methyl/N-ethyl adjacent to an activating group) is 1. The van der Waals surface area contributed by atoms with Crippen molar-refractivity contribution in [1.29, 1.82) is 0 Å². The first-order valence-corrected chi connectivity index (χ1v) is 8.25. The van der Waals surface area contributed by atoms with E-state index in [9.17, 15) is 9.59 Å². The van der Waals surface area contributed by atoms with Crippen molar-refractivity contribution in [1.82, 2.24) is 15.2 Å². The minimum absolute atomic E-state index is 0.172. The zero-order valence-electron chi connectivity index (χ0n) is 14.1. The average Bonchev–Trinajstić information content (AvgIpc) is 2.58. The lowest BCUT2D eigenvalue weighted by Crippen LogP contribution is -2.36. The number of benzene rings is 1. The predicted octanol–water partition coefficient (Wildman–Crippen LogP) is 2.16. The lowest BCUT2D eigenvalue weighted by Gasteiger charge is -2.17. The second kappa shape index (κ2) is 7.92. The van der Waals surface area contributed by atoms with Gasteiger partial charge in [0.1, 0.15) is 5.56 Å². The Bertz CT molecular complexity index is 733. The fourth-order valence-corrected chi connectivity index (χ4v) is 2.62. The first-order chi connectivity index (χ1) is 11.1. The average molecular weight is 315 g/mol. The maximum absolute atomic E-state index is 12.6. The van der Waals surface area contributed by atoms with E-state index in [1.807, 2.05) is 25.1 Å². The molecule has 2 rings (SSSR count). The molecule has 0 fully saturated rings. The number of aryl methyl sites for hydroxylation is 1. The topological polar surface area (TPSA) is 65.2 Å². The zero-order valence-corrected chi connectivity index (χ0v) is 14.1. The monoisotopic (exact) mass is 315 g/mol. The molecular weight excluding hydrogens is 290 g/mol. The Balaban J connectivity index is 2.17. The highest BCUT2D eigenvalue weighted by Crippen LogP contribution is 2.11. The molecule has 1 heterocycles. The number of hydrogen-bond acceptors (Lipinski definition) is 3. The molecule has 0 unspecified atom stereocenters. The predicted molar refractivity (Wildman–Crippen MR) is 94.1 cm³/mol. The molecule has 0 saturated heterocycles. The van der Waals surface area contributed by atoms with E-state index in [1.165, 1.54) is 6.20 Å². The van der Waals surface area contributed by atoms with Gasteiger partial charge >= 0.3 is 0 Å². The Kier molecular flexibility index (Phi) is 5.93. The van der Waals surface area contributed by atoms with Gasteiger partial charge in [-0.25, -0.2) is 0 Å². The Morgan fingerprint density at radius 3 is 2.61 bits per heavy atom. The summed E-state index contributed by atoms with van der Waals surface area (Å²) in [6.07, 6.45) is 2.36. The van der Waals surface area contributed by atoms with Crippen LogP contribution < -0.4 is 10.7 Å². The summed E-state index contributed by atoms with van der Waals surface area (Å²) in [5.74, 6) is -0.317. The van der Waals surface area contributed by atoms with Crippen LogP contribution >= 0.6 is 0 Å². The van der Waals surface area contributed by atoms with Gasteiger partial charge < -0.3 is 15.2 Å². The molecule has 2 N–H and O–H groups in total. The van der Waals surface area contributed by atoms with Gasteiger partial charge in [-0.05, 0) is 37.2 Å². The van der Waals surface area contributed by atoms with E-state index in [1.54, 1.807) is 0 Å². The van der Waals surface area contributed by atoms with Crippen molar-refractivity contribution in [2.45, 2.75) is 27.2 Å². The van der Waals surface area contributed by atoms with Crippen LogP contribution in [0.4, 0.5) is 0 Å². The molecule has 0 atom stereocenters. The molecule has 0 spiro atoms. The molecule has 0 saturated carbocycles. The van der Waals surface area contributed by atoms with Gasteiger partial charge in [-0.3, -0.25) is 9.59 Å². The molecule has 124 valence electrons. The number of aromatic nitrogens is 1. The number of H-pyrrole nitrogens is 1. The highest BCUT2D eigenvalue weighted by molar-refractivity contribution is 5.97. The van der Waals surface area contributed by atoms with Crippen LogP contribution in [-0.2, 0) is 6.42 Å². The van der Waals surface area contributed by atoms with Crippen molar-refractivity contribution >= 4 is 16.8 Å². The van der Waals surface area contributed by atoms with E-state index in [4.69, 9.17) is 0 Å². The number of rotatable bonds is 7. The van der Waals surface area contributed by atoms with Gasteiger partial charge in [0.25, 0.3) is 5.91 Å². The molecule has 23 heavy (non-hydrogen) atoms. The molecule has 1 aromatic carbocycles. The number of hydrogen-bond donors (Lipinski definition) is 2. The van der Waals surface area contributed by atoms with Gasteiger partial charge in [0.15, 0.2) is 0 Å². The number of nitrogens with zero attached hydrogens (tertiary/aromatic N) is 1. The van der Waals surface area contributed by atoms with E-state index in [0.717, 1.165) is 37.1 Å². The van der Waals surface area contributed by atoms with Crippen LogP contribution in [0.2, 0.25) is 0 Å². The van der Waals surface area contributed by atoms with E-state index >= 15 is 0 Å². The minimum atomic E-state index is -0.317. The SMILES string of the molecule is CCc1ccc2[nH]cc(C(=O)NCCN(CC)CC)c(=O)c2c1. The second-order valence-electron chi connectivity index (χ2n) is 5.55. The third-order valence-corrected chi connectivity index (χ3v) is 4.21. The summed E-state index contributed by atoms with van der Waals surface area (Å²) in [7, 11) is 0. The first kappa shape index (κ1) is 17.2. The standard InChI is InChI=1S/C18H25N3O2/c1-4-13-7-8-16-14(11-13)17(22)15(12-20-16)18(23)19-9-10-21(5-2)6-3/h7-8,11-12H,4-6,9-10H2,1-3H3,(H,19,23)(H,20,22). The lowest BCUT2D eigenvalue weighted by atomic mass is 10.1. The first-order valence-electron chi connectivity index (χ1n) is 8.25. The van der Waals surface area contributed by atoms with Crippen molar-refractivity contribution in [3.05, 3.63) is 45.7 Å². The van der Waals surface area contributed by atoms with E-state index in [-0.39, 0.29) is 16.9 Å². The van der Waals surface area contributed by atoms with Crippen molar-refractivity contribution in [3.63, 3.8) is 0 Å². The van der Waals surface area contributed by atoms with Crippen LogP contribution in [-0.4, -0.2) is 42.0 Å². The smallest absolute Gasteiger partial charge is 0.256 e. The van der Waals surface area contributed by atoms with Gasteiger partial charge in [0.05, 0.1) is 0 Å². The fraction of sp³-hybridized carbons (Fsp3) is 0.444. The summed E-state index contributed by atoms with van der Waals surface area (Å²) in [5.41, 5.74) is 1.80. The Hall–Kier alpha value is -2.14. The number of carbonyl (C=O) groups is 1. The quantitative estimate of drug-likeness (QED) is 0.823. The third-order valence-electron chi connectivity index (χ3n) is 4.21. The molecule has 1 amide bonds. The molecule has 0 aliphatic rings. The number of amides is 1. The Morgan fingerprint density at radius 2 is 1.96 bits per heavy atom. The summed E-state index contributed by atoms with van der Waals surface area (Å²) in [5, 5.41) is 3.40. The Labute approximate surface area is 136 Å². The number of fused-ring (bicyclic) bond motifs is 1. The van der Waals surface area contributed by atoms with Gasteiger partial charge in [-0.15, -0.1) is 0 Å². The van der Waals surface area contributed by atoms with Crippen molar-refractivity contribution in [3.8, 4) is 0 Å². The highest BCUT2D eigenvalue weighted by Gasteiger charge is 2.13. The molecule has 0 bridgehead atoms. The van der Waals surface area contributed by atoms with Crippen molar-refractivity contribution in [2.24, 2.45) is 0 Å². The number of aromatic amines is 1. The molecule has 2 aromatic rings. The molecule has 5 nitrogen and oxygen atoms in total. The highest BCUT2D eigenvalue weighted by atomic mass is 16.2. The van der Waals surface area contributed by atoms with Gasteiger partial charge in [0, 0.05) is 30.2 Å². The van der Waals surface area contributed by atoms with Crippen molar-refractivity contribution < 1.29 is 4.79 Å². The van der Waals surface area contributed by atoms with Crippen LogP contribution in [0, 0.1) is 0 Å². The summed E-state index contributed by atoms with van der Waals surface area (Å²) < 4.78 is 0. The summed E-state index contributed by atoms with van der Waals surface area (Å²) in [6, 6.07) is 5.74. The summed E-state index contributed by atoms with van der Waals surface area (Å²) in [6.45, 7) is 9.43. The number of carbonyl (C=O) groups excluding carboxylic acids is 1. The lowest BCUT2D eigenvalue weighted by molar-refractivity contribution is 0.0947. The largest absolute Gasteiger partial charge is 0.360 e. The molecular formula is C18H25N3O2. The van der Waals surface area contributed by atoms with Crippen LogP contribution in [0.3, 0.4) is 0 Å². The van der Waals surface area contributed by atoms with Gasteiger partial charge in [-0.2, -0.15) is 0 Å². The maximum atomic E-state index is 12.6. The van der Waals surface area contributed by atoms with Crippen LogP contribution in [0.25, 0.3) is 10.9 Å². The van der Waals surface area contributed by atoms with Crippen molar-refractivity contribution in [2.75, 3.05) is 26.2 Å². The van der Waals surface area contributed by atoms with E-state index in [2.05, 4.69) is 29.0 Å². The molecule has 0 aliphatic carbocycles. The molecule has 5 heteroatoms. The summed E-state index contributed by atoms with van der Waals surface area (Å²) in [4.78, 5) is 30.1. The zero-order chi connectivity index (χ0) is 16.8. The third kappa shape index (κ3) is 3.99. The van der Waals surface area contributed by atoms with Crippen LogP contribution in [0.1, 0.15) is 36.7 Å². The molecule has 0 radical (unpaired) electrons. The minimum Gasteiger partial charge on any atom is -0.360 e. The Morgan fingerprint density at radius 1 is 1.22 bits per heavy atom. The second-order valence-corrected chi connectivity index (χ2v) is 5.55. The maximum Gasteiger partial charge on any atom is 0.256 e. The fourth-order valence-electron chi connectivity index (χ4n) is 2.62. The van der Waals surface area contributed by atoms with Crippen LogP contribution in [0.5, 0.6) is 0 Å². The summed E-state index contributed by atoms with van der Waals surface area (Å²) >= 11 is 0. The van der Waals surface area contributed by atoms with Gasteiger partial charge in [0.2, 0.25) is 5.43 Å². The number of nitrogens with one attached hydrogen (secondary N) is 2. The van der Waals surface area contributed by atoms with E-state index < -0.39 is 0 Å². The molecule has 1 aromatic heterocycles. The molecule has 0 aliphatic heterocycles.